The van der Waals surface area contributed by atoms with Crippen LogP contribution in [0.1, 0.15) is 58.3 Å². The van der Waals surface area contributed by atoms with Crippen LogP contribution in [-0.4, -0.2) is 29.0 Å². The van der Waals surface area contributed by atoms with Gasteiger partial charge < -0.3 is 10.4 Å². The summed E-state index contributed by atoms with van der Waals surface area (Å²) in [5.74, 6) is 0. The molecule has 0 aromatic heterocycles. The maximum Gasteiger partial charge on any atom is 0.108 e. The van der Waals surface area contributed by atoms with Gasteiger partial charge in [-0.05, 0) is 45.4 Å². The van der Waals surface area contributed by atoms with E-state index in [2.05, 4.69) is 5.32 Å². The van der Waals surface area contributed by atoms with Crippen LogP contribution < -0.4 is 5.32 Å². The highest BCUT2D eigenvalue weighted by molar-refractivity contribution is 4.89. The van der Waals surface area contributed by atoms with Crippen molar-refractivity contribution in [1.82, 2.24) is 5.32 Å². The molecule has 2 aliphatic carbocycles. The molecule has 2 saturated carbocycles. The summed E-state index contributed by atoms with van der Waals surface area (Å²) in [6, 6.07) is 0.671. The molecule has 2 rings (SSSR count). The standard InChI is InChI=1S/C13H24FNO/c1-13(14)8-6-10(7-9-13)15-11-4-2-3-5-12(11)16/h10-12,15-16H,2-9H2,1H3. The van der Waals surface area contributed by atoms with Crippen molar-refractivity contribution in [2.45, 2.75) is 82.1 Å². The van der Waals surface area contributed by atoms with Gasteiger partial charge in [0, 0.05) is 12.1 Å². The SMILES string of the molecule is CC1(F)CCC(NC2CCCCC2O)CC1. The summed E-state index contributed by atoms with van der Waals surface area (Å²) < 4.78 is 13.6. The van der Waals surface area contributed by atoms with Crippen LogP contribution in [0, 0.1) is 0 Å². The van der Waals surface area contributed by atoms with Crippen LogP contribution in [-0.2, 0) is 0 Å². The van der Waals surface area contributed by atoms with Crippen LogP contribution >= 0.6 is 0 Å². The lowest BCUT2D eigenvalue weighted by atomic mass is 9.83. The van der Waals surface area contributed by atoms with Crippen LogP contribution in [0.5, 0.6) is 0 Å². The fraction of sp³-hybridized carbons (Fsp3) is 1.00. The first-order valence-corrected chi connectivity index (χ1v) is 6.70. The third-order valence-corrected chi connectivity index (χ3v) is 4.21. The zero-order valence-electron chi connectivity index (χ0n) is 10.2. The average molecular weight is 229 g/mol. The van der Waals surface area contributed by atoms with E-state index < -0.39 is 5.67 Å². The molecule has 2 unspecified atom stereocenters. The highest BCUT2D eigenvalue weighted by Gasteiger charge is 2.32. The Morgan fingerprint density at radius 2 is 1.75 bits per heavy atom. The molecular weight excluding hydrogens is 205 g/mol. The fourth-order valence-corrected chi connectivity index (χ4v) is 2.99. The van der Waals surface area contributed by atoms with E-state index in [9.17, 15) is 9.50 Å². The smallest absolute Gasteiger partial charge is 0.108 e. The van der Waals surface area contributed by atoms with Gasteiger partial charge in [-0.2, -0.15) is 0 Å². The van der Waals surface area contributed by atoms with Gasteiger partial charge in [0.2, 0.25) is 0 Å². The Morgan fingerprint density at radius 1 is 1.12 bits per heavy atom. The minimum atomic E-state index is -0.955. The zero-order chi connectivity index (χ0) is 11.6. The molecule has 0 spiro atoms. The maximum atomic E-state index is 13.6. The molecule has 0 amide bonds. The number of alkyl halides is 1. The van der Waals surface area contributed by atoms with Crippen molar-refractivity contribution < 1.29 is 9.50 Å². The van der Waals surface area contributed by atoms with E-state index in [4.69, 9.17) is 0 Å². The van der Waals surface area contributed by atoms with Crippen LogP contribution in [0.2, 0.25) is 0 Å². The molecule has 94 valence electrons. The molecular formula is C13H24FNO. The van der Waals surface area contributed by atoms with Crippen LogP contribution in [0.15, 0.2) is 0 Å². The van der Waals surface area contributed by atoms with Crippen molar-refractivity contribution in [2.24, 2.45) is 0 Å². The second-order valence-electron chi connectivity index (χ2n) is 5.81. The molecule has 2 nitrogen and oxygen atoms in total. The van der Waals surface area contributed by atoms with Gasteiger partial charge in [-0.1, -0.05) is 12.8 Å². The Labute approximate surface area is 97.6 Å². The molecule has 0 aromatic carbocycles. The Morgan fingerprint density at radius 3 is 2.38 bits per heavy atom. The predicted octanol–water partition coefficient (Wildman–Crippen LogP) is 2.55. The number of halogens is 1. The molecule has 0 saturated heterocycles. The summed E-state index contributed by atoms with van der Waals surface area (Å²) in [5.41, 5.74) is -0.955. The largest absolute Gasteiger partial charge is 0.392 e. The van der Waals surface area contributed by atoms with E-state index in [-0.39, 0.29) is 12.1 Å². The second-order valence-corrected chi connectivity index (χ2v) is 5.81. The summed E-state index contributed by atoms with van der Waals surface area (Å²) in [6.45, 7) is 1.71. The Hall–Kier alpha value is -0.150. The first-order valence-electron chi connectivity index (χ1n) is 6.70. The highest BCUT2D eigenvalue weighted by atomic mass is 19.1. The van der Waals surface area contributed by atoms with Crippen molar-refractivity contribution in [2.75, 3.05) is 0 Å². The number of hydrogen-bond acceptors (Lipinski definition) is 2. The number of hydrogen-bond donors (Lipinski definition) is 2. The van der Waals surface area contributed by atoms with Gasteiger partial charge in [-0.25, -0.2) is 4.39 Å². The predicted molar refractivity (Wildman–Crippen MR) is 63.2 cm³/mol. The van der Waals surface area contributed by atoms with Gasteiger partial charge in [0.15, 0.2) is 0 Å². The summed E-state index contributed by atoms with van der Waals surface area (Å²) in [5, 5.41) is 13.4. The molecule has 3 heteroatoms. The van der Waals surface area contributed by atoms with E-state index in [1.54, 1.807) is 6.92 Å². The first kappa shape index (κ1) is 12.3. The quantitative estimate of drug-likeness (QED) is 0.762. The molecule has 0 radical (unpaired) electrons. The molecule has 0 aliphatic heterocycles. The van der Waals surface area contributed by atoms with Gasteiger partial charge in [0.1, 0.15) is 5.67 Å². The molecule has 2 aliphatic rings. The molecule has 0 aromatic rings. The minimum absolute atomic E-state index is 0.188. The van der Waals surface area contributed by atoms with Crippen molar-refractivity contribution in [1.29, 1.82) is 0 Å². The lowest BCUT2D eigenvalue weighted by Gasteiger charge is -2.37. The Kier molecular flexibility index (Phi) is 3.85. The first-order chi connectivity index (χ1) is 7.57. The van der Waals surface area contributed by atoms with E-state index >= 15 is 0 Å². The van der Waals surface area contributed by atoms with E-state index in [0.717, 1.165) is 32.1 Å². The normalized spacial score (nSPS) is 45.6. The van der Waals surface area contributed by atoms with Crippen LogP contribution in [0.3, 0.4) is 0 Å². The molecule has 0 heterocycles. The lowest BCUT2D eigenvalue weighted by molar-refractivity contribution is 0.0662. The Balaban J connectivity index is 1.77. The monoisotopic (exact) mass is 229 g/mol. The van der Waals surface area contributed by atoms with Crippen molar-refractivity contribution in [3.05, 3.63) is 0 Å². The summed E-state index contributed by atoms with van der Waals surface area (Å²) >= 11 is 0. The average Bonchev–Trinajstić information content (AvgIpc) is 2.24. The Bertz CT molecular complexity index is 222. The molecule has 2 N–H and O–H groups in total. The van der Waals surface area contributed by atoms with Gasteiger partial charge in [-0.3, -0.25) is 0 Å². The van der Waals surface area contributed by atoms with Gasteiger partial charge in [0.25, 0.3) is 0 Å². The highest BCUT2D eigenvalue weighted by Crippen LogP contribution is 2.32. The molecule has 0 bridgehead atoms. The summed E-state index contributed by atoms with van der Waals surface area (Å²) in [6.07, 6.45) is 7.31. The number of aliphatic hydroxyl groups excluding tert-OH is 1. The third-order valence-electron chi connectivity index (χ3n) is 4.21. The lowest BCUT2D eigenvalue weighted by Crippen LogP contribution is -2.49. The number of aliphatic hydroxyl groups is 1. The van der Waals surface area contributed by atoms with E-state index in [0.29, 0.717) is 18.9 Å². The minimum Gasteiger partial charge on any atom is -0.392 e. The van der Waals surface area contributed by atoms with E-state index in [1.807, 2.05) is 0 Å². The van der Waals surface area contributed by atoms with Crippen molar-refractivity contribution in [3.63, 3.8) is 0 Å². The zero-order valence-corrected chi connectivity index (χ0v) is 10.2. The van der Waals surface area contributed by atoms with Gasteiger partial charge >= 0.3 is 0 Å². The molecule has 2 fully saturated rings. The molecule has 16 heavy (non-hydrogen) atoms. The fourth-order valence-electron chi connectivity index (χ4n) is 2.99. The van der Waals surface area contributed by atoms with Gasteiger partial charge in [0.05, 0.1) is 6.10 Å². The summed E-state index contributed by atoms with van der Waals surface area (Å²) in [4.78, 5) is 0. The van der Waals surface area contributed by atoms with Gasteiger partial charge in [-0.15, -0.1) is 0 Å². The van der Waals surface area contributed by atoms with E-state index in [1.165, 1.54) is 6.42 Å². The summed E-state index contributed by atoms with van der Waals surface area (Å²) in [7, 11) is 0. The third kappa shape index (κ3) is 3.17. The van der Waals surface area contributed by atoms with Crippen molar-refractivity contribution in [3.8, 4) is 0 Å². The van der Waals surface area contributed by atoms with Crippen molar-refractivity contribution >= 4 is 0 Å². The topological polar surface area (TPSA) is 32.3 Å². The van der Waals surface area contributed by atoms with Crippen LogP contribution in [0.25, 0.3) is 0 Å². The number of rotatable bonds is 2. The maximum absolute atomic E-state index is 13.6. The number of nitrogens with one attached hydrogen (secondary N) is 1. The second kappa shape index (κ2) is 5.01. The molecule has 2 atom stereocenters. The van der Waals surface area contributed by atoms with Crippen LogP contribution in [0.4, 0.5) is 4.39 Å².